The summed E-state index contributed by atoms with van der Waals surface area (Å²) in [7, 11) is -5.57. The molecule has 0 aromatic heterocycles. The van der Waals surface area contributed by atoms with E-state index in [1.807, 2.05) is 0 Å². The molecule has 1 aromatic rings. The van der Waals surface area contributed by atoms with Crippen LogP contribution in [0.4, 0.5) is 17.6 Å². The van der Waals surface area contributed by atoms with Gasteiger partial charge in [-0.05, 0) is 0 Å². The Morgan fingerprint density at radius 3 is 1.53 bits per heavy atom. The van der Waals surface area contributed by atoms with Crippen LogP contribution in [-0.2, 0) is 10.1 Å². The SMILES string of the molecule is O=C(O)c1c(F)c(F)c(S(=O)(=O)O)c(F)c1F. The molecule has 0 aliphatic carbocycles. The third kappa shape index (κ3) is 2.08. The fraction of sp³-hybridized carbons (Fsp3) is 0. The van der Waals surface area contributed by atoms with Crippen LogP contribution in [0, 0.1) is 23.3 Å². The summed E-state index contributed by atoms with van der Waals surface area (Å²) < 4.78 is 81.1. The van der Waals surface area contributed by atoms with Crippen molar-refractivity contribution >= 4 is 16.1 Å². The van der Waals surface area contributed by atoms with E-state index in [0.29, 0.717) is 0 Å². The van der Waals surface area contributed by atoms with Gasteiger partial charge in [0.2, 0.25) is 0 Å². The normalized spacial score (nSPS) is 11.6. The van der Waals surface area contributed by atoms with Gasteiger partial charge in [0.05, 0.1) is 0 Å². The number of benzene rings is 1. The fourth-order valence-corrected chi connectivity index (χ4v) is 1.66. The molecule has 17 heavy (non-hydrogen) atoms. The molecule has 0 aliphatic heterocycles. The number of hydrogen-bond donors (Lipinski definition) is 2. The summed E-state index contributed by atoms with van der Waals surface area (Å²) in [4.78, 5) is 8.00. The maximum Gasteiger partial charge on any atom is 0.341 e. The third-order valence-corrected chi connectivity index (χ3v) is 2.57. The van der Waals surface area contributed by atoms with Gasteiger partial charge >= 0.3 is 16.1 Å². The molecule has 0 aliphatic rings. The van der Waals surface area contributed by atoms with Gasteiger partial charge in [0.1, 0.15) is 5.56 Å². The van der Waals surface area contributed by atoms with Crippen LogP contribution in [0.25, 0.3) is 0 Å². The minimum atomic E-state index is -5.57. The molecule has 0 radical (unpaired) electrons. The molecule has 5 nitrogen and oxygen atoms in total. The van der Waals surface area contributed by atoms with Gasteiger partial charge in [-0.15, -0.1) is 0 Å². The van der Waals surface area contributed by atoms with Gasteiger partial charge in [0, 0.05) is 0 Å². The van der Waals surface area contributed by atoms with Gasteiger partial charge in [0.25, 0.3) is 0 Å². The average Bonchev–Trinajstić information content (AvgIpc) is 2.12. The molecule has 0 amide bonds. The molecule has 2 N–H and O–H groups in total. The molecule has 10 heteroatoms. The van der Waals surface area contributed by atoms with E-state index < -0.39 is 49.8 Å². The van der Waals surface area contributed by atoms with E-state index >= 15 is 0 Å². The van der Waals surface area contributed by atoms with Crippen LogP contribution < -0.4 is 0 Å². The van der Waals surface area contributed by atoms with Crippen molar-refractivity contribution in [2.24, 2.45) is 0 Å². The quantitative estimate of drug-likeness (QED) is 0.480. The highest BCUT2D eigenvalue weighted by atomic mass is 32.2. The summed E-state index contributed by atoms with van der Waals surface area (Å²) in [6.07, 6.45) is 0. The molecule has 0 atom stereocenters. The van der Waals surface area contributed by atoms with Gasteiger partial charge in [-0.3, -0.25) is 4.55 Å². The molecule has 0 saturated carbocycles. The van der Waals surface area contributed by atoms with E-state index in [2.05, 4.69) is 0 Å². The molecule has 0 heterocycles. The van der Waals surface area contributed by atoms with Crippen molar-refractivity contribution in [1.82, 2.24) is 0 Å². The Balaban J connectivity index is 3.91. The Kier molecular flexibility index (Phi) is 3.12. The van der Waals surface area contributed by atoms with Crippen LogP contribution in [0.5, 0.6) is 0 Å². The first-order valence-electron chi connectivity index (χ1n) is 3.65. The second-order valence-electron chi connectivity index (χ2n) is 2.74. The summed E-state index contributed by atoms with van der Waals surface area (Å²) in [6.45, 7) is 0. The third-order valence-electron chi connectivity index (χ3n) is 1.69. The first-order chi connectivity index (χ1) is 7.59. The number of carboxylic acids is 1. The van der Waals surface area contributed by atoms with Crippen molar-refractivity contribution < 1.29 is 40.4 Å². The van der Waals surface area contributed by atoms with Crippen LogP contribution in [0.1, 0.15) is 10.4 Å². The lowest BCUT2D eigenvalue weighted by molar-refractivity contribution is 0.0682. The van der Waals surface area contributed by atoms with Crippen molar-refractivity contribution in [3.05, 3.63) is 28.8 Å². The zero-order valence-electron chi connectivity index (χ0n) is 7.54. The van der Waals surface area contributed by atoms with E-state index in [-0.39, 0.29) is 0 Å². The lowest BCUT2D eigenvalue weighted by atomic mass is 10.2. The second-order valence-corrected chi connectivity index (χ2v) is 4.10. The van der Waals surface area contributed by atoms with Crippen LogP contribution in [0.15, 0.2) is 4.90 Å². The highest BCUT2D eigenvalue weighted by Gasteiger charge is 2.34. The molecular weight excluding hydrogens is 272 g/mol. The van der Waals surface area contributed by atoms with Crippen LogP contribution >= 0.6 is 0 Å². The Morgan fingerprint density at radius 2 is 1.29 bits per heavy atom. The van der Waals surface area contributed by atoms with Crippen molar-refractivity contribution in [3.8, 4) is 0 Å². The summed E-state index contributed by atoms with van der Waals surface area (Å²) in [5, 5.41) is 8.26. The first kappa shape index (κ1) is 13.4. The number of carboxylic acid groups (broad SMARTS) is 1. The largest absolute Gasteiger partial charge is 0.477 e. The van der Waals surface area contributed by atoms with E-state index in [1.54, 1.807) is 0 Å². The maximum absolute atomic E-state index is 13.0. The predicted octanol–water partition coefficient (Wildman–Crippen LogP) is 1.19. The van der Waals surface area contributed by atoms with E-state index in [0.717, 1.165) is 0 Å². The zero-order chi connectivity index (χ0) is 13.5. The van der Waals surface area contributed by atoms with Gasteiger partial charge in [-0.1, -0.05) is 0 Å². The number of halogens is 4. The Bertz CT molecular complexity index is 580. The number of rotatable bonds is 2. The highest BCUT2D eigenvalue weighted by molar-refractivity contribution is 7.85. The minimum Gasteiger partial charge on any atom is -0.477 e. The second kappa shape index (κ2) is 3.96. The molecule has 94 valence electrons. The lowest BCUT2D eigenvalue weighted by Gasteiger charge is -2.06. The van der Waals surface area contributed by atoms with Crippen molar-refractivity contribution in [1.29, 1.82) is 0 Å². The highest BCUT2D eigenvalue weighted by Crippen LogP contribution is 2.27. The number of carbonyl (C=O) groups is 1. The van der Waals surface area contributed by atoms with Crippen LogP contribution in [0.2, 0.25) is 0 Å². The predicted molar refractivity (Wildman–Crippen MR) is 43.0 cm³/mol. The van der Waals surface area contributed by atoms with Gasteiger partial charge in [0.15, 0.2) is 28.2 Å². The summed E-state index contributed by atoms with van der Waals surface area (Å²) >= 11 is 0. The maximum atomic E-state index is 13.0. The molecule has 0 spiro atoms. The van der Waals surface area contributed by atoms with Crippen LogP contribution in [0.3, 0.4) is 0 Å². The van der Waals surface area contributed by atoms with Crippen molar-refractivity contribution in [2.45, 2.75) is 4.90 Å². The van der Waals surface area contributed by atoms with Gasteiger partial charge in [-0.25, -0.2) is 22.4 Å². The van der Waals surface area contributed by atoms with Gasteiger partial charge in [-0.2, -0.15) is 8.42 Å². The molecule has 0 fully saturated rings. The molecular formula is C7H2F4O5S. The molecule has 0 bridgehead atoms. The fourth-order valence-electron chi connectivity index (χ4n) is 1.03. The minimum absolute atomic E-state index is 1.99. The molecule has 1 rings (SSSR count). The van der Waals surface area contributed by atoms with Crippen molar-refractivity contribution in [2.75, 3.05) is 0 Å². The molecule has 1 aromatic carbocycles. The summed E-state index contributed by atoms with van der Waals surface area (Å²) in [5.74, 6) is -12.2. The number of hydrogen-bond acceptors (Lipinski definition) is 3. The Labute approximate surface area is 91.0 Å². The smallest absolute Gasteiger partial charge is 0.341 e. The monoisotopic (exact) mass is 274 g/mol. The van der Waals surface area contributed by atoms with E-state index in [4.69, 9.17) is 9.66 Å². The summed E-state index contributed by atoms with van der Waals surface area (Å²) in [5.41, 5.74) is -1.99. The standard InChI is InChI=1S/C7H2F4O5S/c8-2-1(7(12)13)3(9)5(11)6(4(2)10)17(14,15)16/h(H,12,13)(H,14,15,16). The van der Waals surface area contributed by atoms with E-state index in [9.17, 15) is 30.8 Å². The zero-order valence-corrected chi connectivity index (χ0v) is 8.36. The topological polar surface area (TPSA) is 91.7 Å². The Morgan fingerprint density at radius 1 is 0.941 bits per heavy atom. The average molecular weight is 274 g/mol. The van der Waals surface area contributed by atoms with Crippen LogP contribution in [-0.4, -0.2) is 24.0 Å². The van der Waals surface area contributed by atoms with Crippen molar-refractivity contribution in [3.63, 3.8) is 0 Å². The molecule has 0 unspecified atom stereocenters. The number of aromatic carboxylic acids is 1. The first-order valence-corrected chi connectivity index (χ1v) is 5.09. The van der Waals surface area contributed by atoms with E-state index in [1.165, 1.54) is 0 Å². The van der Waals surface area contributed by atoms with Gasteiger partial charge < -0.3 is 5.11 Å². The molecule has 0 saturated heterocycles. The summed E-state index contributed by atoms with van der Waals surface area (Å²) in [6, 6.07) is 0. The lowest BCUT2D eigenvalue weighted by Crippen LogP contribution is -2.15. The Hall–Kier alpha value is -1.68.